The van der Waals surface area contributed by atoms with Gasteiger partial charge in [0.05, 0.1) is 5.52 Å². The largest absolute Gasteiger partial charge is 0.353 e. The summed E-state index contributed by atoms with van der Waals surface area (Å²) in [6, 6.07) is 8.32. The average Bonchev–Trinajstić information content (AvgIpc) is 2.54. The Morgan fingerprint density at radius 3 is 2.83 bits per heavy atom. The van der Waals surface area contributed by atoms with Gasteiger partial charge < -0.3 is 14.8 Å². The first-order chi connectivity index (χ1) is 11.0. The van der Waals surface area contributed by atoms with E-state index >= 15 is 0 Å². The van der Waals surface area contributed by atoms with Crippen molar-refractivity contribution < 1.29 is 9.59 Å². The molecule has 1 aliphatic heterocycles. The smallest absolute Gasteiger partial charge is 0.243 e. The number of hydrogen-bond acceptors (Lipinski definition) is 3. The van der Waals surface area contributed by atoms with Gasteiger partial charge in [-0.15, -0.1) is 0 Å². The molecule has 1 aromatic carbocycles. The van der Waals surface area contributed by atoms with E-state index in [4.69, 9.17) is 0 Å². The monoisotopic (exact) mass is 313 g/mol. The Labute approximate surface area is 133 Å². The lowest BCUT2D eigenvalue weighted by molar-refractivity contribution is -0.142. The van der Waals surface area contributed by atoms with E-state index in [2.05, 4.69) is 5.32 Å². The Morgan fingerprint density at radius 1 is 1.30 bits per heavy atom. The molecule has 1 aliphatic rings. The van der Waals surface area contributed by atoms with E-state index in [1.807, 2.05) is 29.7 Å². The number of hydrogen-bond donors (Lipinski definition) is 1. The molecule has 120 valence electrons. The van der Waals surface area contributed by atoms with Gasteiger partial charge in [0.1, 0.15) is 12.6 Å². The van der Waals surface area contributed by atoms with Crippen LogP contribution in [-0.2, 0) is 16.1 Å². The highest BCUT2D eigenvalue weighted by atomic mass is 16.2. The third-order valence-corrected chi connectivity index (χ3v) is 4.34. The number of para-hydroxylation sites is 1. The first kappa shape index (κ1) is 15.3. The fourth-order valence-electron chi connectivity index (χ4n) is 3.01. The molecule has 0 saturated carbocycles. The average molecular weight is 313 g/mol. The molecule has 2 aromatic rings. The maximum Gasteiger partial charge on any atom is 0.243 e. The van der Waals surface area contributed by atoms with Crippen molar-refractivity contribution in [3.05, 3.63) is 46.2 Å². The lowest BCUT2D eigenvalue weighted by Crippen LogP contribution is -2.56. The van der Waals surface area contributed by atoms with E-state index < -0.39 is 6.04 Å². The molecule has 0 spiro atoms. The standard InChI is InChI=1S/C17H19N3O3/c1-11-9-15(21)13-5-3-4-6-14(13)20(11)10-16(22)19-8-7-18-17(23)12(19)2/h3-6,9,12H,7-8,10H2,1-2H3,(H,18,23)/t12-/m1/s1. The number of nitrogens with zero attached hydrogens (tertiary/aromatic N) is 2. The van der Waals surface area contributed by atoms with Crippen LogP contribution >= 0.6 is 0 Å². The van der Waals surface area contributed by atoms with Crippen LogP contribution < -0.4 is 10.7 Å². The fourth-order valence-corrected chi connectivity index (χ4v) is 3.01. The predicted molar refractivity (Wildman–Crippen MR) is 87.1 cm³/mol. The summed E-state index contributed by atoms with van der Waals surface area (Å²) in [4.78, 5) is 38.0. The van der Waals surface area contributed by atoms with E-state index in [1.165, 1.54) is 0 Å². The second-order valence-electron chi connectivity index (χ2n) is 5.81. The number of aromatic nitrogens is 1. The molecule has 1 saturated heterocycles. The molecule has 2 heterocycles. The maximum absolute atomic E-state index is 12.7. The van der Waals surface area contributed by atoms with Crippen LogP contribution in [-0.4, -0.2) is 40.4 Å². The van der Waals surface area contributed by atoms with Crippen molar-refractivity contribution in [2.45, 2.75) is 26.4 Å². The van der Waals surface area contributed by atoms with E-state index in [0.29, 0.717) is 18.5 Å². The minimum atomic E-state index is -0.470. The third-order valence-electron chi connectivity index (χ3n) is 4.34. The molecular formula is C17H19N3O3. The summed E-state index contributed by atoms with van der Waals surface area (Å²) in [6.45, 7) is 4.63. The zero-order valence-corrected chi connectivity index (χ0v) is 13.2. The van der Waals surface area contributed by atoms with Crippen LogP contribution in [0.3, 0.4) is 0 Å². The first-order valence-electron chi connectivity index (χ1n) is 7.65. The van der Waals surface area contributed by atoms with E-state index in [0.717, 1.165) is 11.2 Å². The quantitative estimate of drug-likeness (QED) is 0.885. The number of nitrogens with one attached hydrogen (secondary N) is 1. The highest BCUT2D eigenvalue weighted by molar-refractivity contribution is 5.89. The van der Waals surface area contributed by atoms with Crippen molar-refractivity contribution >= 4 is 22.7 Å². The minimum Gasteiger partial charge on any atom is -0.353 e. The molecule has 6 heteroatoms. The number of fused-ring (bicyclic) bond motifs is 1. The molecule has 1 atom stereocenters. The van der Waals surface area contributed by atoms with Crippen LogP contribution in [0.5, 0.6) is 0 Å². The van der Waals surface area contributed by atoms with Crippen molar-refractivity contribution in [3.63, 3.8) is 0 Å². The predicted octanol–water partition coefficient (Wildman–Crippen LogP) is 0.657. The van der Waals surface area contributed by atoms with Crippen LogP contribution in [0.15, 0.2) is 35.1 Å². The lowest BCUT2D eigenvalue weighted by atomic mass is 10.1. The van der Waals surface area contributed by atoms with E-state index in [9.17, 15) is 14.4 Å². The van der Waals surface area contributed by atoms with Crippen LogP contribution in [0, 0.1) is 6.92 Å². The van der Waals surface area contributed by atoms with Crippen molar-refractivity contribution in [2.75, 3.05) is 13.1 Å². The van der Waals surface area contributed by atoms with Gasteiger partial charge in [-0.1, -0.05) is 12.1 Å². The van der Waals surface area contributed by atoms with Crippen LogP contribution in [0.1, 0.15) is 12.6 Å². The number of carbonyl (C=O) groups is 2. The Hall–Kier alpha value is -2.63. The summed E-state index contributed by atoms with van der Waals surface area (Å²) < 4.78 is 1.83. The molecule has 0 bridgehead atoms. The van der Waals surface area contributed by atoms with Crippen molar-refractivity contribution in [1.29, 1.82) is 0 Å². The molecule has 2 amide bonds. The van der Waals surface area contributed by atoms with Crippen molar-refractivity contribution in [1.82, 2.24) is 14.8 Å². The molecule has 1 aromatic heterocycles. The SMILES string of the molecule is Cc1cc(=O)c2ccccc2n1CC(=O)N1CCNC(=O)[C@H]1C. The van der Waals surface area contributed by atoms with Crippen LogP contribution in [0.2, 0.25) is 0 Å². The molecule has 0 radical (unpaired) electrons. The number of pyridine rings is 1. The number of rotatable bonds is 2. The van der Waals surface area contributed by atoms with Gasteiger partial charge in [-0.25, -0.2) is 0 Å². The van der Waals surface area contributed by atoms with E-state index in [-0.39, 0.29) is 23.8 Å². The summed E-state index contributed by atoms with van der Waals surface area (Å²) in [5, 5.41) is 3.34. The normalized spacial score (nSPS) is 18.1. The Balaban J connectivity index is 1.97. The van der Waals surface area contributed by atoms with Gasteiger partial charge in [-0.2, -0.15) is 0 Å². The Kier molecular flexibility index (Phi) is 3.90. The Bertz CT molecular complexity index is 841. The third kappa shape index (κ3) is 2.72. The lowest BCUT2D eigenvalue weighted by Gasteiger charge is -2.33. The molecule has 0 aliphatic carbocycles. The topological polar surface area (TPSA) is 71.4 Å². The van der Waals surface area contributed by atoms with Gasteiger partial charge in [-0.3, -0.25) is 14.4 Å². The molecule has 6 nitrogen and oxygen atoms in total. The number of carbonyl (C=O) groups excluding carboxylic acids is 2. The maximum atomic E-state index is 12.7. The number of benzene rings is 1. The van der Waals surface area contributed by atoms with Crippen molar-refractivity contribution in [2.24, 2.45) is 0 Å². The van der Waals surface area contributed by atoms with Gasteiger partial charge in [0, 0.05) is 30.2 Å². The minimum absolute atomic E-state index is 0.0486. The fraction of sp³-hybridized carbons (Fsp3) is 0.353. The van der Waals surface area contributed by atoms with Gasteiger partial charge in [-0.05, 0) is 26.0 Å². The summed E-state index contributed by atoms with van der Waals surface area (Å²) in [5.74, 6) is -0.254. The summed E-state index contributed by atoms with van der Waals surface area (Å²) in [7, 11) is 0. The first-order valence-corrected chi connectivity index (χ1v) is 7.65. The number of aryl methyl sites for hydroxylation is 1. The highest BCUT2D eigenvalue weighted by Crippen LogP contribution is 2.14. The summed E-state index contributed by atoms with van der Waals surface area (Å²) in [5.41, 5.74) is 1.42. The molecule has 1 fully saturated rings. The van der Waals surface area contributed by atoms with Crippen LogP contribution in [0.25, 0.3) is 10.9 Å². The van der Waals surface area contributed by atoms with Gasteiger partial charge >= 0.3 is 0 Å². The second-order valence-corrected chi connectivity index (χ2v) is 5.81. The Morgan fingerprint density at radius 2 is 2.04 bits per heavy atom. The summed E-state index contributed by atoms with van der Waals surface area (Å²) in [6.07, 6.45) is 0. The van der Waals surface area contributed by atoms with E-state index in [1.54, 1.807) is 24.0 Å². The highest BCUT2D eigenvalue weighted by Gasteiger charge is 2.29. The zero-order chi connectivity index (χ0) is 16.6. The van der Waals surface area contributed by atoms with Gasteiger partial charge in [0.25, 0.3) is 0 Å². The van der Waals surface area contributed by atoms with Crippen molar-refractivity contribution in [3.8, 4) is 0 Å². The zero-order valence-electron chi connectivity index (χ0n) is 13.2. The second kappa shape index (κ2) is 5.87. The summed E-state index contributed by atoms with van der Waals surface area (Å²) >= 11 is 0. The molecular weight excluding hydrogens is 294 g/mol. The molecule has 23 heavy (non-hydrogen) atoms. The van der Waals surface area contributed by atoms with Gasteiger partial charge in [0.2, 0.25) is 11.8 Å². The van der Waals surface area contributed by atoms with Gasteiger partial charge in [0.15, 0.2) is 5.43 Å². The number of amides is 2. The molecule has 1 N–H and O–H groups in total. The molecule has 0 unspecified atom stereocenters. The van der Waals surface area contributed by atoms with Crippen LogP contribution in [0.4, 0.5) is 0 Å². The molecule has 3 rings (SSSR count). The number of piperazine rings is 1.